The van der Waals surface area contributed by atoms with Gasteiger partial charge in [-0.15, -0.1) is 11.8 Å². The van der Waals surface area contributed by atoms with Crippen molar-refractivity contribution in [2.24, 2.45) is 0 Å². The van der Waals surface area contributed by atoms with Crippen LogP contribution in [0.15, 0.2) is 108 Å². The van der Waals surface area contributed by atoms with Crippen LogP contribution in [0.25, 0.3) is 6.08 Å². The van der Waals surface area contributed by atoms with Gasteiger partial charge < -0.3 is 16.0 Å². The van der Waals surface area contributed by atoms with Crippen LogP contribution in [-0.2, 0) is 9.59 Å². The van der Waals surface area contributed by atoms with Gasteiger partial charge in [-0.25, -0.2) is 4.39 Å². The van der Waals surface area contributed by atoms with Crippen LogP contribution in [0.5, 0.6) is 0 Å². The van der Waals surface area contributed by atoms with E-state index in [0.29, 0.717) is 32.5 Å². The summed E-state index contributed by atoms with van der Waals surface area (Å²) in [5.41, 5.74) is 1.83. The van der Waals surface area contributed by atoms with Gasteiger partial charge in [-0.1, -0.05) is 53.5 Å². The highest BCUT2D eigenvalue weighted by Gasteiger charge is 2.17. The van der Waals surface area contributed by atoms with Gasteiger partial charge in [-0.05, 0) is 85.3 Å². The third-order valence-electron chi connectivity index (χ3n) is 5.69. The van der Waals surface area contributed by atoms with Crippen LogP contribution in [0.4, 0.5) is 15.8 Å². The standard InChI is InChI=1S/C31H24Cl2FN3O3S/c1-19(29(38)36-27-16-9-22(32)18-26(27)33)41-25-14-12-24(13-15-25)35-31(40)28(17-20-7-10-23(34)11-8-20)37-30(39)21-5-3-2-4-6-21/h2-19H,1H3,(H,35,40)(H,36,38)(H,37,39)/b28-17-. The van der Waals surface area contributed by atoms with E-state index in [2.05, 4.69) is 16.0 Å². The monoisotopic (exact) mass is 607 g/mol. The van der Waals surface area contributed by atoms with Crippen molar-refractivity contribution in [1.82, 2.24) is 5.32 Å². The number of carbonyl (C=O) groups is 3. The SMILES string of the molecule is CC(Sc1ccc(NC(=O)/C(=C/c2ccc(F)cc2)NC(=O)c2ccccc2)cc1)C(=O)Nc1ccc(Cl)cc1Cl. The number of carbonyl (C=O) groups excluding carboxylic acids is 3. The van der Waals surface area contributed by atoms with Crippen LogP contribution in [0.2, 0.25) is 10.0 Å². The Kier molecular flexibility index (Phi) is 10.2. The molecule has 0 aromatic heterocycles. The molecule has 0 spiro atoms. The minimum Gasteiger partial charge on any atom is -0.324 e. The van der Waals surface area contributed by atoms with E-state index < -0.39 is 22.9 Å². The number of anilines is 2. The Balaban J connectivity index is 1.42. The maximum atomic E-state index is 13.4. The van der Waals surface area contributed by atoms with E-state index in [9.17, 15) is 18.8 Å². The van der Waals surface area contributed by atoms with Crippen LogP contribution in [0, 0.1) is 5.82 Å². The highest BCUT2D eigenvalue weighted by molar-refractivity contribution is 8.00. The van der Waals surface area contributed by atoms with Crippen LogP contribution in [-0.4, -0.2) is 23.0 Å². The van der Waals surface area contributed by atoms with Crippen molar-refractivity contribution in [3.05, 3.63) is 130 Å². The molecule has 4 aromatic rings. The smallest absolute Gasteiger partial charge is 0.272 e. The summed E-state index contributed by atoms with van der Waals surface area (Å²) >= 11 is 13.4. The molecule has 3 amide bonds. The topological polar surface area (TPSA) is 87.3 Å². The highest BCUT2D eigenvalue weighted by Crippen LogP contribution is 2.29. The molecule has 0 bridgehead atoms. The molecule has 0 heterocycles. The van der Waals surface area contributed by atoms with Crippen LogP contribution in [0.3, 0.4) is 0 Å². The first kappa shape index (κ1) is 29.9. The van der Waals surface area contributed by atoms with Crippen LogP contribution < -0.4 is 16.0 Å². The summed E-state index contributed by atoms with van der Waals surface area (Å²) < 4.78 is 13.4. The number of hydrogen-bond acceptors (Lipinski definition) is 4. The molecule has 41 heavy (non-hydrogen) atoms. The number of halogens is 3. The lowest BCUT2D eigenvalue weighted by molar-refractivity contribution is -0.115. The van der Waals surface area contributed by atoms with Gasteiger partial charge in [-0.3, -0.25) is 14.4 Å². The van der Waals surface area contributed by atoms with Gasteiger partial charge in [-0.2, -0.15) is 0 Å². The average molecular weight is 609 g/mol. The van der Waals surface area contributed by atoms with Crippen LogP contribution >= 0.6 is 35.0 Å². The van der Waals surface area contributed by atoms with Crippen molar-refractivity contribution in [3.63, 3.8) is 0 Å². The third kappa shape index (κ3) is 8.69. The second kappa shape index (κ2) is 14.0. The van der Waals surface area contributed by atoms with Gasteiger partial charge in [0.05, 0.1) is 16.0 Å². The van der Waals surface area contributed by atoms with E-state index in [1.807, 2.05) is 0 Å². The fraction of sp³-hybridized carbons (Fsp3) is 0.0645. The molecule has 0 aliphatic carbocycles. The molecular weight excluding hydrogens is 584 g/mol. The largest absolute Gasteiger partial charge is 0.324 e. The molecule has 3 N–H and O–H groups in total. The summed E-state index contributed by atoms with van der Waals surface area (Å²) in [6.45, 7) is 1.77. The predicted octanol–water partition coefficient (Wildman–Crippen LogP) is 7.66. The number of amides is 3. The molecule has 6 nitrogen and oxygen atoms in total. The van der Waals surface area contributed by atoms with E-state index in [1.54, 1.807) is 79.7 Å². The molecule has 4 rings (SSSR count). The lowest BCUT2D eigenvalue weighted by atomic mass is 10.1. The third-order valence-corrected chi connectivity index (χ3v) is 7.35. The average Bonchev–Trinajstić information content (AvgIpc) is 2.96. The van der Waals surface area contributed by atoms with Crippen molar-refractivity contribution in [2.45, 2.75) is 17.1 Å². The lowest BCUT2D eigenvalue weighted by Gasteiger charge is -2.14. The van der Waals surface area contributed by atoms with Crippen molar-refractivity contribution in [3.8, 4) is 0 Å². The number of thioether (sulfide) groups is 1. The van der Waals surface area contributed by atoms with Crippen LogP contribution in [0.1, 0.15) is 22.8 Å². The maximum Gasteiger partial charge on any atom is 0.272 e. The predicted molar refractivity (Wildman–Crippen MR) is 164 cm³/mol. The molecule has 0 aliphatic rings. The van der Waals surface area contributed by atoms with Crippen molar-refractivity contribution >= 4 is 70.1 Å². The van der Waals surface area contributed by atoms with Gasteiger partial charge in [0, 0.05) is 21.2 Å². The van der Waals surface area contributed by atoms with Crippen molar-refractivity contribution in [1.29, 1.82) is 0 Å². The zero-order valence-corrected chi connectivity index (χ0v) is 24.0. The summed E-state index contributed by atoms with van der Waals surface area (Å²) in [4.78, 5) is 39.4. The molecule has 10 heteroatoms. The van der Waals surface area contributed by atoms with Gasteiger partial charge in [0.15, 0.2) is 0 Å². The summed E-state index contributed by atoms with van der Waals surface area (Å²) in [6, 6.07) is 25.8. The number of nitrogens with one attached hydrogen (secondary N) is 3. The first-order valence-corrected chi connectivity index (χ1v) is 14.0. The molecule has 0 fully saturated rings. The number of hydrogen-bond donors (Lipinski definition) is 3. The molecule has 4 aromatic carbocycles. The van der Waals surface area contributed by atoms with Gasteiger partial charge in [0.1, 0.15) is 11.5 Å². The Morgan fingerprint density at radius 2 is 1.54 bits per heavy atom. The lowest BCUT2D eigenvalue weighted by Crippen LogP contribution is -2.30. The first-order chi connectivity index (χ1) is 19.7. The minimum absolute atomic E-state index is 0.0185. The fourth-order valence-corrected chi connectivity index (χ4v) is 4.89. The summed E-state index contributed by atoms with van der Waals surface area (Å²) in [5.74, 6) is -1.68. The second-order valence-electron chi connectivity index (χ2n) is 8.78. The highest BCUT2D eigenvalue weighted by atomic mass is 35.5. The first-order valence-electron chi connectivity index (χ1n) is 12.4. The Labute approximate surface area is 250 Å². The van der Waals surface area contributed by atoms with E-state index in [1.165, 1.54) is 42.1 Å². The molecular formula is C31H24Cl2FN3O3S. The van der Waals surface area contributed by atoms with E-state index in [4.69, 9.17) is 23.2 Å². The Morgan fingerprint density at radius 1 is 0.854 bits per heavy atom. The minimum atomic E-state index is -0.563. The second-order valence-corrected chi connectivity index (χ2v) is 11.0. The molecule has 1 atom stereocenters. The molecule has 208 valence electrons. The number of rotatable bonds is 9. The van der Waals surface area contributed by atoms with E-state index >= 15 is 0 Å². The summed E-state index contributed by atoms with van der Waals surface area (Å²) in [7, 11) is 0. The number of benzene rings is 4. The Hall–Kier alpha value is -4.11. The Bertz CT molecular complexity index is 1580. The van der Waals surface area contributed by atoms with Crippen molar-refractivity contribution < 1.29 is 18.8 Å². The maximum absolute atomic E-state index is 13.4. The molecule has 0 saturated heterocycles. The van der Waals surface area contributed by atoms with E-state index in [0.717, 1.165) is 4.90 Å². The van der Waals surface area contributed by atoms with Crippen molar-refractivity contribution in [2.75, 3.05) is 10.6 Å². The zero-order chi connectivity index (χ0) is 29.4. The summed E-state index contributed by atoms with van der Waals surface area (Å²) in [6.07, 6.45) is 1.47. The van der Waals surface area contributed by atoms with Gasteiger partial charge >= 0.3 is 0 Å². The quantitative estimate of drug-likeness (QED) is 0.135. The fourth-order valence-electron chi connectivity index (χ4n) is 3.57. The summed E-state index contributed by atoms with van der Waals surface area (Å²) in [5, 5.41) is 8.57. The molecule has 1 unspecified atom stereocenters. The molecule has 0 radical (unpaired) electrons. The van der Waals surface area contributed by atoms with E-state index in [-0.39, 0.29) is 11.6 Å². The molecule has 0 saturated carbocycles. The van der Waals surface area contributed by atoms with Gasteiger partial charge in [0.25, 0.3) is 11.8 Å². The normalized spacial score (nSPS) is 11.9. The molecule has 0 aliphatic heterocycles. The zero-order valence-electron chi connectivity index (χ0n) is 21.7. The van der Waals surface area contributed by atoms with Gasteiger partial charge in [0.2, 0.25) is 5.91 Å². The Morgan fingerprint density at radius 3 is 2.20 bits per heavy atom.